The van der Waals surface area contributed by atoms with Crippen molar-refractivity contribution in [1.82, 2.24) is 19.8 Å². The number of benzene rings is 2. The molecule has 3 N–H and O–H groups in total. The second kappa shape index (κ2) is 12.3. The van der Waals surface area contributed by atoms with Gasteiger partial charge < -0.3 is 25.4 Å². The van der Waals surface area contributed by atoms with Crippen molar-refractivity contribution in [2.45, 2.75) is 82.7 Å². The van der Waals surface area contributed by atoms with Crippen molar-refractivity contribution in [3.05, 3.63) is 94.3 Å². The largest absolute Gasteiger partial charge is 0.417 e. The van der Waals surface area contributed by atoms with Gasteiger partial charge in [-0.2, -0.15) is 13.2 Å². The molecule has 244 valence electrons. The molecule has 46 heavy (non-hydrogen) atoms. The Morgan fingerprint density at radius 2 is 1.74 bits per heavy atom. The van der Waals surface area contributed by atoms with Gasteiger partial charge in [-0.25, -0.2) is 9.38 Å². The molecule has 0 radical (unpaired) electrons. The first kappa shape index (κ1) is 31.9. The predicted octanol–water partition coefficient (Wildman–Crippen LogP) is 5.29. The van der Waals surface area contributed by atoms with Crippen LogP contribution in [0.3, 0.4) is 0 Å². The fourth-order valence-electron chi connectivity index (χ4n) is 6.32. The Hall–Kier alpha value is -4.10. The number of halogens is 4. The summed E-state index contributed by atoms with van der Waals surface area (Å²) in [6.07, 6.45) is -0.180. The Labute approximate surface area is 264 Å². The number of fused-ring (bicyclic) bond motifs is 1. The van der Waals surface area contributed by atoms with Crippen molar-refractivity contribution < 1.29 is 32.2 Å². The zero-order chi connectivity index (χ0) is 32.8. The number of aromatic nitrogens is 2. The average molecular weight is 641 g/mol. The number of aliphatic hydroxyl groups is 1. The van der Waals surface area contributed by atoms with Gasteiger partial charge in [0.25, 0.3) is 5.91 Å². The van der Waals surface area contributed by atoms with Crippen LogP contribution in [0.4, 0.5) is 17.6 Å². The normalized spacial score (nSPS) is 21.9. The zero-order valence-corrected chi connectivity index (χ0v) is 25.5. The van der Waals surface area contributed by atoms with Crippen molar-refractivity contribution in [2.75, 3.05) is 6.61 Å². The number of hydrogen-bond donors (Lipinski definition) is 2. The first-order valence-corrected chi connectivity index (χ1v) is 15.4. The van der Waals surface area contributed by atoms with E-state index in [0.29, 0.717) is 29.3 Å². The highest BCUT2D eigenvalue weighted by Crippen LogP contribution is 2.47. The van der Waals surface area contributed by atoms with Gasteiger partial charge in [0, 0.05) is 12.4 Å². The number of aliphatic hydroxyl groups excluding tert-OH is 1. The molecule has 3 aromatic rings. The first-order chi connectivity index (χ1) is 21.9. The van der Waals surface area contributed by atoms with Crippen LogP contribution in [0, 0.1) is 11.7 Å². The summed E-state index contributed by atoms with van der Waals surface area (Å²) in [7, 11) is 0. The van der Waals surface area contributed by atoms with Gasteiger partial charge in [0.15, 0.2) is 12.2 Å². The summed E-state index contributed by atoms with van der Waals surface area (Å²) in [4.78, 5) is 29.7. The molecule has 0 saturated heterocycles. The molecule has 1 saturated carbocycles. The number of rotatable bonds is 10. The maximum Gasteiger partial charge on any atom is 0.417 e. The predicted molar refractivity (Wildman–Crippen MR) is 160 cm³/mol. The van der Waals surface area contributed by atoms with Gasteiger partial charge in [-0.05, 0) is 68.0 Å². The molecule has 0 bridgehead atoms. The Balaban J connectivity index is 1.40. The smallest absolute Gasteiger partial charge is 0.376 e. The zero-order valence-electron chi connectivity index (χ0n) is 25.5. The molecule has 1 amide bonds. The van der Waals surface area contributed by atoms with Crippen LogP contribution in [-0.4, -0.2) is 55.7 Å². The summed E-state index contributed by atoms with van der Waals surface area (Å²) in [5.74, 6) is -0.822. The number of carbonyl (C=O) groups excluding carboxylic acids is 1. The number of amides is 1. The first-order valence-electron chi connectivity index (χ1n) is 15.4. The van der Waals surface area contributed by atoms with Crippen molar-refractivity contribution in [3.8, 4) is 0 Å². The highest BCUT2D eigenvalue weighted by molar-refractivity contribution is 5.96. The number of hydrogen-bond acceptors (Lipinski definition) is 8. The summed E-state index contributed by atoms with van der Waals surface area (Å²) in [5, 5.41) is 12.1. The minimum atomic E-state index is -4.81. The molecule has 13 heteroatoms. The lowest BCUT2D eigenvalue weighted by molar-refractivity contribution is -0.138. The second-order valence-electron chi connectivity index (χ2n) is 12.5. The SMILES string of the molecule is CC(C)OCC(c1ccc(C(F)(F)F)c(C(=O)N2Cc3nccnc3C2)c1)N1C(N)=N[C@](CCC2CC2)(c2ccc(F)cc2)C1O. The Morgan fingerprint density at radius 3 is 2.33 bits per heavy atom. The summed E-state index contributed by atoms with van der Waals surface area (Å²) in [6.45, 7) is 3.59. The fourth-order valence-corrected chi connectivity index (χ4v) is 6.32. The van der Waals surface area contributed by atoms with E-state index in [1.54, 1.807) is 12.1 Å². The molecule has 1 fully saturated rings. The van der Waals surface area contributed by atoms with Crippen LogP contribution in [0.2, 0.25) is 0 Å². The van der Waals surface area contributed by atoms with Crippen molar-refractivity contribution in [2.24, 2.45) is 16.6 Å². The van der Waals surface area contributed by atoms with Gasteiger partial charge in [-0.3, -0.25) is 14.8 Å². The fraction of sp³-hybridized carbons (Fsp3) is 0.455. The molecule has 6 rings (SSSR count). The van der Waals surface area contributed by atoms with Gasteiger partial charge in [-0.15, -0.1) is 0 Å². The van der Waals surface area contributed by atoms with E-state index in [9.17, 15) is 27.5 Å². The maximum absolute atomic E-state index is 14.3. The minimum absolute atomic E-state index is 0.0229. The molecular formula is C33H36F4N6O3. The number of guanidine groups is 1. The van der Waals surface area contributed by atoms with E-state index in [4.69, 9.17) is 15.5 Å². The van der Waals surface area contributed by atoms with Crippen molar-refractivity contribution in [1.29, 1.82) is 0 Å². The molecule has 9 nitrogen and oxygen atoms in total. The number of nitrogens with two attached hydrogens (primary N) is 1. The highest BCUT2D eigenvalue weighted by Gasteiger charge is 2.51. The van der Waals surface area contributed by atoms with Gasteiger partial charge >= 0.3 is 6.18 Å². The van der Waals surface area contributed by atoms with Crippen LogP contribution in [0.1, 0.15) is 84.0 Å². The second-order valence-corrected chi connectivity index (χ2v) is 12.5. The maximum atomic E-state index is 14.3. The third-order valence-corrected chi connectivity index (χ3v) is 8.96. The number of alkyl halides is 3. The molecular weight excluding hydrogens is 604 g/mol. The lowest BCUT2D eigenvalue weighted by Gasteiger charge is -2.38. The Bertz CT molecular complexity index is 1600. The molecule has 3 aliphatic rings. The number of aliphatic imine (C=N–C) groups is 1. The quantitative estimate of drug-likeness (QED) is 0.289. The minimum Gasteiger partial charge on any atom is -0.376 e. The monoisotopic (exact) mass is 640 g/mol. The molecule has 1 aromatic heterocycles. The van der Waals surface area contributed by atoms with Crippen molar-refractivity contribution in [3.63, 3.8) is 0 Å². The third kappa shape index (κ3) is 6.17. The molecule has 2 aliphatic heterocycles. The highest BCUT2D eigenvalue weighted by atomic mass is 19.4. The molecule has 0 spiro atoms. The van der Waals surface area contributed by atoms with Crippen LogP contribution >= 0.6 is 0 Å². The molecule has 3 atom stereocenters. The van der Waals surface area contributed by atoms with E-state index < -0.39 is 46.8 Å². The average Bonchev–Trinajstić information content (AvgIpc) is 3.69. The van der Waals surface area contributed by atoms with Crippen LogP contribution in [0.5, 0.6) is 0 Å². The van der Waals surface area contributed by atoms with Gasteiger partial charge in [0.05, 0.1) is 54.4 Å². The number of ether oxygens (including phenoxy) is 1. The third-order valence-electron chi connectivity index (χ3n) is 8.96. The number of nitrogens with zero attached hydrogens (tertiary/aromatic N) is 5. The lowest BCUT2D eigenvalue weighted by Crippen LogP contribution is -2.50. The molecule has 1 aliphatic carbocycles. The van der Waals surface area contributed by atoms with Gasteiger partial charge in [0.1, 0.15) is 11.4 Å². The molecule has 3 heterocycles. The topological polar surface area (TPSA) is 117 Å². The number of carbonyl (C=O) groups is 1. The van der Waals surface area contributed by atoms with E-state index in [1.165, 1.54) is 46.5 Å². The Kier molecular flexibility index (Phi) is 8.49. The van der Waals surface area contributed by atoms with E-state index in [-0.39, 0.29) is 37.3 Å². The van der Waals surface area contributed by atoms with Gasteiger partial charge in [0.2, 0.25) is 0 Å². The summed E-state index contributed by atoms with van der Waals surface area (Å²) in [5.41, 5.74) is 5.55. The van der Waals surface area contributed by atoms with Crippen molar-refractivity contribution >= 4 is 11.9 Å². The summed E-state index contributed by atoms with van der Waals surface area (Å²) in [6, 6.07) is 8.16. The van der Waals surface area contributed by atoms with Crippen LogP contribution in [-0.2, 0) is 29.5 Å². The standard InChI is InChI=1S/C33H36F4N6O3/c1-19(2)46-18-28(43-30(45)32(41-31(43)38,12-11-20-3-4-20)22-6-8-23(34)9-7-22)21-5-10-25(33(35,36)37)24(15-21)29(44)42-16-26-27(17-42)40-14-13-39-26/h5-10,13-15,19-20,28,30,45H,3-4,11-12,16-18H2,1-2H3,(H2,38,41)/t28?,30?,32-/m1/s1. The van der Waals surface area contributed by atoms with E-state index in [0.717, 1.165) is 25.3 Å². The van der Waals surface area contributed by atoms with E-state index >= 15 is 0 Å². The van der Waals surface area contributed by atoms with Crippen LogP contribution in [0.25, 0.3) is 0 Å². The summed E-state index contributed by atoms with van der Waals surface area (Å²) < 4.78 is 62.8. The van der Waals surface area contributed by atoms with Crippen LogP contribution < -0.4 is 5.73 Å². The molecule has 2 aromatic carbocycles. The molecule has 2 unspecified atom stereocenters. The van der Waals surface area contributed by atoms with E-state index in [1.807, 2.05) is 13.8 Å². The van der Waals surface area contributed by atoms with E-state index in [2.05, 4.69) is 9.97 Å². The Morgan fingerprint density at radius 1 is 1.09 bits per heavy atom. The van der Waals surface area contributed by atoms with Crippen LogP contribution in [0.15, 0.2) is 59.9 Å². The van der Waals surface area contributed by atoms with Gasteiger partial charge in [-0.1, -0.05) is 31.0 Å². The lowest BCUT2D eigenvalue weighted by atomic mass is 9.83. The summed E-state index contributed by atoms with van der Waals surface area (Å²) >= 11 is 0.